The van der Waals surface area contributed by atoms with E-state index in [4.69, 9.17) is 14.4 Å². The van der Waals surface area contributed by atoms with E-state index in [9.17, 15) is 0 Å². The summed E-state index contributed by atoms with van der Waals surface area (Å²) in [7, 11) is 0. The van der Waals surface area contributed by atoms with E-state index in [1.54, 1.807) is 0 Å². The minimum atomic E-state index is 0.868. The van der Waals surface area contributed by atoms with Crippen LogP contribution in [0.4, 0.5) is 17.1 Å². The summed E-state index contributed by atoms with van der Waals surface area (Å²) in [6.07, 6.45) is 0. The Kier molecular flexibility index (Phi) is 7.46. The molecule has 0 bridgehead atoms. The fourth-order valence-electron chi connectivity index (χ4n) is 8.16. The predicted octanol–water partition coefficient (Wildman–Crippen LogP) is 14.3. The van der Waals surface area contributed by atoms with Crippen molar-refractivity contribution in [2.24, 2.45) is 0 Å². The quantitative estimate of drug-likeness (QED) is 0.161. The van der Waals surface area contributed by atoms with Crippen molar-refractivity contribution in [1.29, 1.82) is 0 Å². The Bertz CT molecular complexity index is 3230. The highest BCUT2D eigenvalue weighted by Crippen LogP contribution is 2.43. The lowest BCUT2D eigenvalue weighted by atomic mass is 9.96. The fraction of sp³-hybridized carbons (Fsp3) is 0. The van der Waals surface area contributed by atoms with Crippen LogP contribution in [-0.4, -0.2) is 9.97 Å². The van der Waals surface area contributed by atoms with Crippen LogP contribution in [0.2, 0.25) is 0 Å². The zero-order valence-electron chi connectivity index (χ0n) is 30.3. The minimum Gasteiger partial charge on any atom is -0.454 e. The Morgan fingerprint density at radius 3 is 1.77 bits per heavy atom. The third-order valence-electron chi connectivity index (χ3n) is 10.8. The summed E-state index contributed by atoms with van der Waals surface area (Å²) in [5.41, 5.74) is 12.8. The molecule has 9 aromatic carbocycles. The summed E-state index contributed by atoms with van der Waals surface area (Å²) in [6, 6.07) is 70.1. The van der Waals surface area contributed by atoms with E-state index >= 15 is 0 Å². The van der Waals surface area contributed by atoms with Gasteiger partial charge in [0.25, 0.3) is 0 Å². The van der Waals surface area contributed by atoms with Crippen molar-refractivity contribution in [3.8, 4) is 33.6 Å². The number of benzene rings is 9. The van der Waals surface area contributed by atoms with E-state index < -0.39 is 0 Å². The Morgan fingerprint density at radius 2 is 1.00 bits per heavy atom. The van der Waals surface area contributed by atoms with E-state index in [0.29, 0.717) is 0 Å². The molecule has 4 nitrogen and oxygen atoms in total. The first-order valence-corrected chi connectivity index (χ1v) is 18.9. The Balaban J connectivity index is 1.02. The molecule has 0 aliphatic carbocycles. The van der Waals surface area contributed by atoms with Gasteiger partial charge in [0, 0.05) is 38.7 Å². The van der Waals surface area contributed by atoms with Gasteiger partial charge in [-0.05, 0) is 75.8 Å². The van der Waals surface area contributed by atoms with Crippen molar-refractivity contribution in [3.05, 3.63) is 200 Å². The van der Waals surface area contributed by atoms with E-state index in [0.717, 1.165) is 105 Å². The topological polar surface area (TPSA) is 42.2 Å². The minimum absolute atomic E-state index is 0.868. The van der Waals surface area contributed by atoms with E-state index in [1.807, 2.05) is 24.3 Å². The normalized spacial score (nSPS) is 11.6. The van der Waals surface area contributed by atoms with Crippen molar-refractivity contribution in [3.63, 3.8) is 0 Å². The van der Waals surface area contributed by atoms with Gasteiger partial charge in [0.1, 0.15) is 5.58 Å². The van der Waals surface area contributed by atoms with Gasteiger partial charge >= 0.3 is 0 Å². The number of fused-ring (bicyclic) bond motifs is 8. The molecule has 2 aromatic heterocycles. The van der Waals surface area contributed by atoms with Crippen LogP contribution < -0.4 is 4.90 Å². The van der Waals surface area contributed by atoms with Crippen LogP contribution in [0, 0.1) is 0 Å². The second-order valence-corrected chi connectivity index (χ2v) is 14.2. The summed E-state index contributed by atoms with van der Waals surface area (Å²) < 4.78 is 6.50. The molecule has 0 spiro atoms. The number of aromatic nitrogens is 2. The number of nitrogens with zero attached hydrogens (tertiary/aromatic N) is 3. The number of anilines is 3. The first-order chi connectivity index (χ1) is 27.8. The first-order valence-electron chi connectivity index (χ1n) is 18.9. The molecule has 0 saturated carbocycles. The number of furan rings is 1. The molecular formula is C52H33N3O. The zero-order valence-corrected chi connectivity index (χ0v) is 30.3. The summed E-state index contributed by atoms with van der Waals surface area (Å²) in [4.78, 5) is 13.0. The molecule has 11 rings (SSSR count). The Labute approximate surface area is 323 Å². The van der Waals surface area contributed by atoms with Crippen molar-refractivity contribution < 1.29 is 4.42 Å². The molecule has 0 aliphatic rings. The van der Waals surface area contributed by atoms with Crippen molar-refractivity contribution in [1.82, 2.24) is 9.97 Å². The van der Waals surface area contributed by atoms with Gasteiger partial charge in [-0.15, -0.1) is 0 Å². The van der Waals surface area contributed by atoms with Gasteiger partial charge in [-0.3, -0.25) is 0 Å². The fourth-order valence-corrected chi connectivity index (χ4v) is 8.16. The van der Waals surface area contributed by atoms with Gasteiger partial charge in [-0.25, -0.2) is 9.97 Å². The summed E-state index contributed by atoms with van der Waals surface area (Å²) >= 11 is 0. The SMILES string of the molecule is c1ccc(-c2nc3ccc4ccc5cc(-c6ccc(N(c7ccccc7)c7cccc8c7oc7ccccc78)cc6)ccc5c4c3nc2-c2ccccc2)cc1. The van der Waals surface area contributed by atoms with Crippen LogP contribution in [0.25, 0.3) is 88.2 Å². The molecule has 4 heteroatoms. The molecule has 262 valence electrons. The molecular weight excluding hydrogens is 683 g/mol. The molecule has 0 saturated heterocycles. The second-order valence-electron chi connectivity index (χ2n) is 14.2. The van der Waals surface area contributed by atoms with Crippen molar-refractivity contribution in [2.75, 3.05) is 4.90 Å². The number of rotatable bonds is 6. The molecule has 0 radical (unpaired) electrons. The Morgan fingerprint density at radius 1 is 0.393 bits per heavy atom. The molecule has 0 amide bonds. The molecule has 0 atom stereocenters. The van der Waals surface area contributed by atoms with Crippen LogP contribution in [0.15, 0.2) is 205 Å². The standard InChI is InChI=1S/C52H33N3O/c1-4-13-36(14-5-1)49-50(37-15-6-2-7-16-37)54-51-45(53-49)32-28-35-23-24-39-33-38(27-31-42(39)48(35)51)34-25-29-41(30-26-34)55(40-17-8-3-9-18-40)46-21-12-20-44-43-19-10-11-22-47(43)56-52(44)46/h1-33H. The van der Waals surface area contributed by atoms with Crippen LogP contribution in [0.1, 0.15) is 0 Å². The van der Waals surface area contributed by atoms with E-state index in [-0.39, 0.29) is 0 Å². The van der Waals surface area contributed by atoms with Crippen LogP contribution in [-0.2, 0) is 0 Å². The smallest absolute Gasteiger partial charge is 0.159 e. The van der Waals surface area contributed by atoms with Crippen LogP contribution in [0.5, 0.6) is 0 Å². The average Bonchev–Trinajstić information content (AvgIpc) is 3.66. The van der Waals surface area contributed by atoms with Gasteiger partial charge in [0.15, 0.2) is 5.58 Å². The van der Waals surface area contributed by atoms with Crippen molar-refractivity contribution in [2.45, 2.75) is 0 Å². The maximum Gasteiger partial charge on any atom is 0.159 e. The summed E-state index contributed by atoms with van der Waals surface area (Å²) in [5, 5.41) is 6.79. The summed E-state index contributed by atoms with van der Waals surface area (Å²) in [5.74, 6) is 0. The number of hydrogen-bond donors (Lipinski definition) is 0. The number of hydrogen-bond acceptors (Lipinski definition) is 4. The van der Waals surface area contributed by atoms with Crippen LogP contribution in [0.3, 0.4) is 0 Å². The third kappa shape index (κ3) is 5.31. The zero-order chi connectivity index (χ0) is 37.0. The molecule has 0 unspecified atom stereocenters. The predicted molar refractivity (Wildman–Crippen MR) is 233 cm³/mol. The average molecular weight is 716 g/mol. The monoisotopic (exact) mass is 715 g/mol. The van der Waals surface area contributed by atoms with Gasteiger partial charge in [0.2, 0.25) is 0 Å². The molecule has 0 fully saturated rings. The first kappa shape index (κ1) is 31.9. The molecule has 0 N–H and O–H groups in total. The second kappa shape index (κ2) is 13.1. The van der Waals surface area contributed by atoms with E-state index in [1.165, 1.54) is 0 Å². The third-order valence-corrected chi connectivity index (χ3v) is 10.8. The van der Waals surface area contributed by atoms with E-state index in [2.05, 4.69) is 181 Å². The van der Waals surface area contributed by atoms with Gasteiger partial charge < -0.3 is 9.32 Å². The summed E-state index contributed by atoms with van der Waals surface area (Å²) in [6.45, 7) is 0. The van der Waals surface area contributed by atoms with Gasteiger partial charge in [-0.1, -0.05) is 152 Å². The lowest BCUT2D eigenvalue weighted by Crippen LogP contribution is -2.10. The maximum atomic E-state index is 6.50. The molecule has 2 heterocycles. The largest absolute Gasteiger partial charge is 0.454 e. The number of para-hydroxylation sites is 3. The Hall–Kier alpha value is -7.56. The highest BCUT2D eigenvalue weighted by molar-refractivity contribution is 6.19. The lowest BCUT2D eigenvalue weighted by molar-refractivity contribution is 0.669. The van der Waals surface area contributed by atoms with Gasteiger partial charge in [-0.2, -0.15) is 0 Å². The molecule has 11 aromatic rings. The maximum absolute atomic E-state index is 6.50. The van der Waals surface area contributed by atoms with Crippen LogP contribution >= 0.6 is 0 Å². The lowest BCUT2D eigenvalue weighted by Gasteiger charge is -2.25. The highest BCUT2D eigenvalue weighted by Gasteiger charge is 2.20. The van der Waals surface area contributed by atoms with Crippen molar-refractivity contribution >= 4 is 71.6 Å². The highest BCUT2D eigenvalue weighted by atomic mass is 16.3. The molecule has 56 heavy (non-hydrogen) atoms. The molecule has 0 aliphatic heterocycles. The van der Waals surface area contributed by atoms with Gasteiger partial charge in [0.05, 0.1) is 28.1 Å².